The molecule has 0 unspecified atom stereocenters. The van der Waals surface area contributed by atoms with E-state index in [0.29, 0.717) is 0 Å². The molecule has 0 aromatic carbocycles. The van der Waals surface area contributed by atoms with Crippen molar-refractivity contribution < 1.29 is 0 Å². The van der Waals surface area contributed by atoms with Gasteiger partial charge in [0.25, 0.3) is 0 Å². The van der Waals surface area contributed by atoms with E-state index in [2.05, 4.69) is 15.0 Å². The molecule has 3 rings (SSSR count). The lowest BCUT2D eigenvalue weighted by molar-refractivity contribution is 0.886. The summed E-state index contributed by atoms with van der Waals surface area (Å²) < 4.78 is 0. The molecule has 1 saturated carbocycles. The number of thioether (sulfide) groups is 1. The van der Waals surface area contributed by atoms with Gasteiger partial charge in [0.05, 0.1) is 11.7 Å². The van der Waals surface area contributed by atoms with Gasteiger partial charge in [0.2, 0.25) is 0 Å². The molecular formula is C12H13N3S. The quantitative estimate of drug-likeness (QED) is 0.745. The fourth-order valence-corrected chi connectivity index (χ4v) is 3.43. The van der Waals surface area contributed by atoms with Crippen molar-refractivity contribution in [3.05, 3.63) is 24.8 Å². The Hall–Kier alpha value is -1.16. The number of nitrogens with zero attached hydrogens (tertiary/aromatic N) is 3. The molecule has 0 saturated heterocycles. The van der Waals surface area contributed by atoms with Crippen molar-refractivity contribution in [2.45, 2.75) is 36.0 Å². The van der Waals surface area contributed by atoms with E-state index < -0.39 is 0 Å². The molecule has 1 aliphatic carbocycles. The van der Waals surface area contributed by atoms with E-state index in [0.717, 1.165) is 21.2 Å². The van der Waals surface area contributed by atoms with Crippen molar-refractivity contribution in [2.24, 2.45) is 0 Å². The first kappa shape index (κ1) is 10.0. The molecule has 4 heteroatoms. The molecule has 0 spiro atoms. The molecule has 82 valence electrons. The third kappa shape index (κ3) is 1.89. The van der Waals surface area contributed by atoms with Gasteiger partial charge in [0, 0.05) is 16.8 Å². The first-order valence-electron chi connectivity index (χ1n) is 5.65. The lowest BCUT2D eigenvalue weighted by atomic mass is 10.3. The van der Waals surface area contributed by atoms with Crippen molar-refractivity contribution in [3.8, 4) is 0 Å². The average molecular weight is 231 g/mol. The summed E-state index contributed by atoms with van der Waals surface area (Å²) in [7, 11) is 0. The van der Waals surface area contributed by atoms with Crippen molar-refractivity contribution in [2.75, 3.05) is 0 Å². The molecule has 2 aromatic rings. The normalized spacial score (nSPS) is 17.0. The molecule has 0 N–H and O–H groups in total. The predicted molar refractivity (Wildman–Crippen MR) is 65.4 cm³/mol. The summed E-state index contributed by atoms with van der Waals surface area (Å²) in [6, 6.07) is 2.01. The lowest BCUT2D eigenvalue weighted by Gasteiger charge is -2.09. The van der Waals surface area contributed by atoms with E-state index in [4.69, 9.17) is 0 Å². The molecule has 2 aromatic heterocycles. The maximum absolute atomic E-state index is 4.39. The third-order valence-electron chi connectivity index (χ3n) is 2.98. The van der Waals surface area contributed by atoms with Crippen LogP contribution in [0.4, 0.5) is 0 Å². The van der Waals surface area contributed by atoms with Crippen LogP contribution in [-0.4, -0.2) is 20.2 Å². The van der Waals surface area contributed by atoms with Gasteiger partial charge in [-0.3, -0.25) is 4.98 Å². The summed E-state index contributed by atoms with van der Waals surface area (Å²) in [6.45, 7) is 0. The van der Waals surface area contributed by atoms with Crippen LogP contribution >= 0.6 is 11.8 Å². The molecule has 0 amide bonds. The van der Waals surface area contributed by atoms with Crippen LogP contribution in [-0.2, 0) is 0 Å². The predicted octanol–water partition coefficient (Wildman–Crippen LogP) is 3.06. The van der Waals surface area contributed by atoms with Gasteiger partial charge >= 0.3 is 0 Å². The van der Waals surface area contributed by atoms with Crippen molar-refractivity contribution >= 4 is 22.7 Å². The average Bonchev–Trinajstić information content (AvgIpc) is 2.82. The van der Waals surface area contributed by atoms with Crippen LogP contribution in [0.25, 0.3) is 10.9 Å². The van der Waals surface area contributed by atoms with Crippen LogP contribution in [0.5, 0.6) is 0 Å². The van der Waals surface area contributed by atoms with Crippen LogP contribution in [0.15, 0.2) is 29.8 Å². The fraction of sp³-hybridized carbons (Fsp3) is 0.417. The first-order chi connectivity index (χ1) is 7.93. The second-order valence-corrected chi connectivity index (χ2v) is 5.39. The second-order valence-electron chi connectivity index (χ2n) is 4.10. The molecule has 0 atom stereocenters. The highest BCUT2D eigenvalue weighted by molar-refractivity contribution is 8.00. The topological polar surface area (TPSA) is 38.7 Å². The minimum Gasteiger partial charge on any atom is -0.262 e. The smallest absolute Gasteiger partial charge is 0.117 e. The van der Waals surface area contributed by atoms with Gasteiger partial charge in [0.1, 0.15) is 11.4 Å². The highest BCUT2D eigenvalue weighted by Gasteiger charge is 2.17. The molecule has 1 aliphatic rings. The minimum absolute atomic E-state index is 0.742. The summed E-state index contributed by atoms with van der Waals surface area (Å²) >= 11 is 1.90. The van der Waals surface area contributed by atoms with E-state index in [1.54, 1.807) is 12.5 Å². The zero-order valence-corrected chi connectivity index (χ0v) is 9.78. The Morgan fingerprint density at radius 2 is 2.06 bits per heavy atom. The fourth-order valence-electron chi connectivity index (χ4n) is 2.14. The molecule has 0 radical (unpaired) electrons. The van der Waals surface area contributed by atoms with Crippen molar-refractivity contribution in [3.63, 3.8) is 0 Å². The number of aromatic nitrogens is 3. The minimum atomic E-state index is 0.742. The van der Waals surface area contributed by atoms with E-state index in [1.165, 1.54) is 25.7 Å². The Labute approximate surface area is 98.7 Å². The molecule has 3 nitrogen and oxygen atoms in total. The lowest BCUT2D eigenvalue weighted by Crippen LogP contribution is -1.96. The number of hydrogen-bond donors (Lipinski definition) is 0. The van der Waals surface area contributed by atoms with Crippen LogP contribution in [0.3, 0.4) is 0 Å². The number of fused-ring (bicyclic) bond motifs is 1. The monoisotopic (exact) mass is 231 g/mol. The van der Waals surface area contributed by atoms with Gasteiger partial charge in [0.15, 0.2) is 0 Å². The maximum atomic E-state index is 4.39. The Kier molecular flexibility index (Phi) is 2.74. The molecule has 0 bridgehead atoms. The summed E-state index contributed by atoms with van der Waals surface area (Å²) in [4.78, 5) is 12.7. The van der Waals surface area contributed by atoms with Gasteiger partial charge in [-0.25, -0.2) is 9.97 Å². The van der Waals surface area contributed by atoms with Crippen LogP contribution in [0.1, 0.15) is 25.7 Å². The van der Waals surface area contributed by atoms with E-state index >= 15 is 0 Å². The third-order valence-corrected chi connectivity index (χ3v) is 4.34. The van der Waals surface area contributed by atoms with Gasteiger partial charge in [-0.1, -0.05) is 12.8 Å². The van der Waals surface area contributed by atoms with Gasteiger partial charge in [-0.2, -0.15) is 0 Å². The van der Waals surface area contributed by atoms with Gasteiger partial charge in [-0.05, 0) is 18.9 Å². The zero-order valence-electron chi connectivity index (χ0n) is 8.97. The first-order valence-corrected chi connectivity index (χ1v) is 6.53. The standard InChI is InChI=1S/C12H13N3S/c1-2-4-9(3-1)16-12-10-5-6-13-7-11(10)14-8-15-12/h5-9H,1-4H2. The molecule has 0 aliphatic heterocycles. The van der Waals surface area contributed by atoms with E-state index in [1.807, 2.05) is 24.0 Å². The SMILES string of the molecule is c1cc2c(SC3CCCC3)ncnc2cn1. The Morgan fingerprint density at radius 1 is 1.19 bits per heavy atom. The Balaban J connectivity index is 1.96. The van der Waals surface area contributed by atoms with Gasteiger partial charge in [-0.15, -0.1) is 11.8 Å². The molecule has 2 heterocycles. The Bertz CT molecular complexity index is 489. The van der Waals surface area contributed by atoms with Crippen molar-refractivity contribution in [1.29, 1.82) is 0 Å². The summed E-state index contributed by atoms with van der Waals surface area (Å²) in [6.07, 6.45) is 10.6. The van der Waals surface area contributed by atoms with E-state index in [9.17, 15) is 0 Å². The highest BCUT2D eigenvalue weighted by Crippen LogP contribution is 2.35. The summed E-state index contributed by atoms with van der Waals surface area (Å²) in [5.41, 5.74) is 0.943. The van der Waals surface area contributed by atoms with E-state index in [-0.39, 0.29) is 0 Å². The van der Waals surface area contributed by atoms with Crippen LogP contribution in [0, 0.1) is 0 Å². The molecular weight excluding hydrogens is 218 g/mol. The second kappa shape index (κ2) is 4.37. The van der Waals surface area contributed by atoms with Crippen LogP contribution < -0.4 is 0 Å². The zero-order chi connectivity index (χ0) is 10.8. The summed E-state index contributed by atoms with van der Waals surface area (Å²) in [5.74, 6) is 0. The number of rotatable bonds is 2. The Morgan fingerprint density at radius 3 is 2.94 bits per heavy atom. The largest absolute Gasteiger partial charge is 0.262 e. The van der Waals surface area contributed by atoms with Crippen LogP contribution in [0.2, 0.25) is 0 Å². The highest BCUT2D eigenvalue weighted by atomic mass is 32.2. The number of hydrogen-bond acceptors (Lipinski definition) is 4. The van der Waals surface area contributed by atoms with Gasteiger partial charge < -0.3 is 0 Å². The molecule has 1 fully saturated rings. The molecule has 16 heavy (non-hydrogen) atoms. The van der Waals surface area contributed by atoms with Crippen molar-refractivity contribution in [1.82, 2.24) is 15.0 Å². The maximum Gasteiger partial charge on any atom is 0.117 e. The summed E-state index contributed by atoms with van der Waals surface area (Å²) in [5, 5.41) is 2.99. The number of pyridine rings is 1.